The van der Waals surface area contributed by atoms with Crippen molar-refractivity contribution in [3.05, 3.63) is 55.5 Å². The maximum Gasteiger partial charge on any atom is 0.341 e. The zero-order chi connectivity index (χ0) is 20.3. The van der Waals surface area contributed by atoms with Gasteiger partial charge in [-0.1, -0.05) is 33.8 Å². The van der Waals surface area contributed by atoms with E-state index in [1.807, 2.05) is 0 Å². The Balaban J connectivity index is 1.82. The number of thioether (sulfide) groups is 1. The largest absolute Gasteiger partial charge is 0.481 e. The zero-order valence-electron chi connectivity index (χ0n) is 13.9. The fourth-order valence-electron chi connectivity index (χ4n) is 2.17. The highest BCUT2D eigenvalue weighted by Crippen LogP contribution is 2.34. The monoisotopic (exact) mass is 498 g/mol. The van der Waals surface area contributed by atoms with Crippen LogP contribution in [0.3, 0.4) is 0 Å². The average Bonchev–Trinajstić information content (AvgIpc) is 3.26. The topological polar surface area (TPSA) is 95.9 Å². The van der Waals surface area contributed by atoms with Gasteiger partial charge in [-0.2, -0.15) is 5.01 Å². The first-order valence-corrected chi connectivity index (χ1v) is 10.5. The summed E-state index contributed by atoms with van der Waals surface area (Å²) in [7, 11) is 0. The van der Waals surface area contributed by atoms with Crippen LogP contribution in [0.5, 0.6) is 5.75 Å². The van der Waals surface area contributed by atoms with Crippen molar-refractivity contribution in [2.75, 3.05) is 6.61 Å². The molecule has 0 aliphatic carbocycles. The second kappa shape index (κ2) is 8.86. The number of carbonyl (C=O) groups is 3. The first kappa shape index (κ1) is 20.5. The molecule has 1 aliphatic heterocycles. The Kier molecular flexibility index (Phi) is 6.50. The van der Waals surface area contributed by atoms with Crippen molar-refractivity contribution in [2.45, 2.75) is 0 Å². The summed E-state index contributed by atoms with van der Waals surface area (Å²) in [5.74, 6) is -1.72. The van der Waals surface area contributed by atoms with Gasteiger partial charge < -0.3 is 9.84 Å². The molecule has 0 bridgehead atoms. The molecule has 1 aromatic carbocycles. The van der Waals surface area contributed by atoms with Gasteiger partial charge in [0.15, 0.2) is 10.9 Å². The minimum absolute atomic E-state index is 0.184. The molecule has 0 radical (unpaired) electrons. The maximum absolute atomic E-state index is 12.7. The molecule has 0 unspecified atom stereocenters. The Morgan fingerprint density at radius 1 is 1.36 bits per heavy atom. The molecular formula is C17H11BrN2O5S3. The number of thiophene rings is 1. The molecule has 1 aliphatic rings. The Morgan fingerprint density at radius 2 is 2.14 bits per heavy atom. The number of carboxylic acid groups (broad SMARTS) is 1. The molecule has 3 rings (SSSR count). The fourth-order valence-corrected chi connectivity index (χ4v) is 4.34. The molecule has 0 saturated carbocycles. The minimum Gasteiger partial charge on any atom is -0.481 e. The number of aliphatic carboxylic acids is 1. The fraction of sp³-hybridized carbons (Fsp3) is 0.0588. The number of hydrazine groups is 1. The van der Waals surface area contributed by atoms with Crippen LogP contribution in [0, 0.1) is 0 Å². The molecule has 7 nitrogen and oxygen atoms in total. The van der Waals surface area contributed by atoms with Crippen molar-refractivity contribution in [1.82, 2.24) is 10.4 Å². The number of halogens is 1. The van der Waals surface area contributed by atoms with Gasteiger partial charge in [-0.05, 0) is 47.9 Å². The van der Waals surface area contributed by atoms with Crippen LogP contribution in [0.4, 0.5) is 0 Å². The predicted molar refractivity (Wildman–Crippen MR) is 114 cm³/mol. The third-order valence-corrected chi connectivity index (χ3v) is 6.03. The Bertz CT molecular complexity index is 991. The molecule has 2 heterocycles. The lowest BCUT2D eigenvalue weighted by molar-refractivity contribution is -0.139. The van der Waals surface area contributed by atoms with Crippen molar-refractivity contribution in [3.63, 3.8) is 0 Å². The smallest absolute Gasteiger partial charge is 0.341 e. The number of thiocarbonyl (C=S) groups is 1. The molecule has 0 spiro atoms. The summed E-state index contributed by atoms with van der Waals surface area (Å²) in [6, 6.07) is 8.35. The Labute approximate surface area is 181 Å². The highest BCUT2D eigenvalue weighted by molar-refractivity contribution is 9.10. The van der Waals surface area contributed by atoms with E-state index in [4.69, 9.17) is 22.1 Å². The first-order valence-electron chi connectivity index (χ1n) is 7.62. The quantitative estimate of drug-likeness (QED) is 0.464. The number of benzene rings is 1. The molecule has 2 N–H and O–H groups in total. The van der Waals surface area contributed by atoms with E-state index in [9.17, 15) is 14.4 Å². The Hall–Kier alpha value is -2.21. The lowest BCUT2D eigenvalue weighted by atomic mass is 10.2. The number of hydrogen-bond donors (Lipinski definition) is 2. The summed E-state index contributed by atoms with van der Waals surface area (Å²) in [6.45, 7) is -0.514. The van der Waals surface area contributed by atoms with Crippen LogP contribution < -0.4 is 10.2 Å². The molecule has 1 saturated heterocycles. The van der Waals surface area contributed by atoms with Gasteiger partial charge in [-0.15, -0.1) is 11.3 Å². The summed E-state index contributed by atoms with van der Waals surface area (Å²) >= 11 is 10.8. The number of nitrogens with zero attached hydrogens (tertiary/aromatic N) is 1. The molecule has 2 amide bonds. The maximum atomic E-state index is 12.7. The summed E-state index contributed by atoms with van der Waals surface area (Å²) in [4.78, 5) is 36.4. The van der Waals surface area contributed by atoms with Gasteiger partial charge in [-0.25, -0.2) is 4.79 Å². The molecule has 28 heavy (non-hydrogen) atoms. The standard InChI is InChI=1S/C17H11BrN2O5S3/c18-10-3-4-11(25-8-14(21)22)9(6-10)7-13-16(24)20(17(26)28-13)19-15(23)12-2-1-5-27-12/h1-7H,8H2,(H,19,23)(H,21,22)/b13-7+. The lowest BCUT2D eigenvalue weighted by Gasteiger charge is -2.14. The van der Waals surface area contributed by atoms with Crippen LogP contribution in [0.25, 0.3) is 6.08 Å². The summed E-state index contributed by atoms with van der Waals surface area (Å²) in [6.07, 6.45) is 1.54. The summed E-state index contributed by atoms with van der Waals surface area (Å²) in [5, 5.41) is 11.6. The number of carboxylic acids is 1. The molecule has 2 aromatic rings. The number of carbonyl (C=O) groups excluding carboxylic acids is 2. The highest BCUT2D eigenvalue weighted by Gasteiger charge is 2.34. The minimum atomic E-state index is -1.11. The number of amides is 2. The van der Waals surface area contributed by atoms with E-state index in [0.29, 0.717) is 16.2 Å². The number of nitrogens with one attached hydrogen (secondary N) is 1. The van der Waals surface area contributed by atoms with Crippen molar-refractivity contribution in [2.24, 2.45) is 0 Å². The van der Waals surface area contributed by atoms with Crippen molar-refractivity contribution < 1.29 is 24.2 Å². The molecule has 11 heteroatoms. The van der Waals surface area contributed by atoms with Crippen LogP contribution in [0.15, 0.2) is 45.1 Å². The van der Waals surface area contributed by atoms with Gasteiger partial charge in [0.05, 0.1) is 9.78 Å². The SMILES string of the molecule is O=C(O)COc1ccc(Br)cc1/C=C1/SC(=S)N(NC(=O)c2cccs2)C1=O. The second-order valence-electron chi connectivity index (χ2n) is 5.30. The average molecular weight is 499 g/mol. The van der Waals surface area contributed by atoms with Crippen molar-refractivity contribution in [3.8, 4) is 5.75 Å². The van der Waals surface area contributed by atoms with E-state index in [0.717, 1.165) is 21.2 Å². The number of hydrogen-bond acceptors (Lipinski definition) is 7. The number of ether oxygens (including phenoxy) is 1. The molecule has 144 valence electrons. The zero-order valence-corrected chi connectivity index (χ0v) is 17.9. The van der Waals surface area contributed by atoms with Crippen LogP contribution in [-0.4, -0.2) is 38.8 Å². The lowest BCUT2D eigenvalue weighted by Crippen LogP contribution is -2.44. The van der Waals surface area contributed by atoms with Gasteiger partial charge >= 0.3 is 5.97 Å². The highest BCUT2D eigenvalue weighted by atomic mass is 79.9. The van der Waals surface area contributed by atoms with Gasteiger partial charge in [-0.3, -0.25) is 15.0 Å². The number of rotatable bonds is 6. The Morgan fingerprint density at radius 3 is 2.82 bits per heavy atom. The van der Waals surface area contributed by atoms with E-state index in [1.54, 1.807) is 41.8 Å². The van der Waals surface area contributed by atoms with E-state index >= 15 is 0 Å². The molecular weight excluding hydrogens is 488 g/mol. The third-order valence-electron chi connectivity index (χ3n) is 3.36. The summed E-state index contributed by atoms with van der Waals surface area (Å²) in [5.41, 5.74) is 3.00. The van der Waals surface area contributed by atoms with Gasteiger partial charge in [0.1, 0.15) is 5.75 Å². The van der Waals surface area contributed by atoms with E-state index in [1.165, 1.54) is 11.3 Å². The first-order chi connectivity index (χ1) is 13.3. The van der Waals surface area contributed by atoms with Crippen molar-refractivity contribution in [1.29, 1.82) is 0 Å². The van der Waals surface area contributed by atoms with Gasteiger partial charge in [0.2, 0.25) is 0 Å². The normalized spacial score (nSPS) is 15.2. The molecule has 1 aromatic heterocycles. The van der Waals surface area contributed by atoms with Crippen LogP contribution in [0.1, 0.15) is 15.2 Å². The van der Waals surface area contributed by atoms with E-state index < -0.39 is 24.4 Å². The van der Waals surface area contributed by atoms with E-state index in [-0.39, 0.29) is 9.23 Å². The van der Waals surface area contributed by atoms with Gasteiger partial charge in [0.25, 0.3) is 11.8 Å². The molecule has 1 fully saturated rings. The van der Waals surface area contributed by atoms with Crippen LogP contribution in [-0.2, 0) is 9.59 Å². The van der Waals surface area contributed by atoms with Crippen LogP contribution in [0.2, 0.25) is 0 Å². The van der Waals surface area contributed by atoms with E-state index in [2.05, 4.69) is 21.4 Å². The van der Waals surface area contributed by atoms with Crippen LogP contribution >= 0.6 is 51.2 Å². The second-order valence-corrected chi connectivity index (χ2v) is 8.84. The van der Waals surface area contributed by atoms with Gasteiger partial charge in [0, 0.05) is 10.0 Å². The predicted octanol–water partition coefficient (Wildman–Crippen LogP) is 3.52. The third kappa shape index (κ3) is 4.79. The molecule has 0 atom stereocenters. The summed E-state index contributed by atoms with van der Waals surface area (Å²) < 4.78 is 6.18. The van der Waals surface area contributed by atoms with Crippen molar-refractivity contribution >= 4 is 79.4 Å².